The predicted octanol–water partition coefficient (Wildman–Crippen LogP) is 5.90. The van der Waals surface area contributed by atoms with Crippen LogP contribution in [0.15, 0.2) is 30.9 Å². The zero-order valence-corrected chi connectivity index (χ0v) is 15.8. The van der Waals surface area contributed by atoms with Gasteiger partial charge in [-0.15, -0.1) is 0 Å². The van der Waals surface area contributed by atoms with Crippen molar-refractivity contribution in [2.75, 3.05) is 0 Å². The first kappa shape index (κ1) is 19.5. The third-order valence-corrected chi connectivity index (χ3v) is 4.14. The van der Waals surface area contributed by atoms with Crippen LogP contribution in [0.25, 0.3) is 0 Å². The van der Waals surface area contributed by atoms with Gasteiger partial charge in [-0.05, 0) is 74.3 Å². The molecule has 0 saturated carbocycles. The first-order chi connectivity index (χ1) is 10.6. The number of rotatable bonds is 7. The normalized spacial score (nSPS) is 13.3. The van der Waals surface area contributed by atoms with E-state index in [1.807, 2.05) is 32.9 Å². The predicted molar refractivity (Wildman–Crippen MR) is 97.9 cm³/mol. The van der Waals surface area contributed by atoms with Gasteiger partial charge in [-0.3, -0.25) is 0 Å². The second-order valence-electron chi connectivity index (χ2n) is 7.81. The fraction of sp³-hybridized carbons (Fsp3) is 0.571. The molecule has 0 bridgehead atoms. The molecule has 1 atom stereocenters. The van der Waals surface area contributed by atoms with Crippen molar-refractivity contribution in [3.05, 3.63) is 47.5 Å². The van der Waals surface area contributed by atoms with E-state index in [0.29, 0.717) is 23.3 Å². The first-order valence-corrected chi connectivity index (χ1v) is 8.54. The molecule has 2 nitrogen and oxygen atoms in total. The average molecular weight is 316 g/mol. The molecule has 0 saturated heterocycles. The molecule has 2 heteroatoms. The molecule has 23 heavy (non-hydrogen) atoms. The zero-order valence-electron chi connectivity index (χ0n) is 15.8. The van der Waals surface area contributed by atoms with Crippen LogP contribution in [-0.2, 0) is 4.74 Å². The third-order valence-electron chi connectivity index (χ3n) is 4.14. The van der Waals surface area contributed by atoms with Crippen molar-refractivity contribution in [2.24, 2.45) is 11.8 Å². The van der Waals surface area contributed by atoms with Crippen LogP contribution in [-0.4, -0.2) is 11.6 Å². The fourth-order valence-corrected chi connectivity index (χ4v) is 2.79. The van der Waals surface area contributed by atoms with Gasteiger partial charge in [0.05, 0.1) is 5.56 Å². The summed E-state index contributed by atoms with van der Waals surface area (Å²) in [6.07, 6.45) is 2.77. The molecule has 0 aliphatic rings. The first-order valence-electron chi connectivity index (χ1n) is 8.54. The molecule has 1 aromatic carbocycles. The van der Waals surface area contributed by atoms with Crippen LogP contribution in [0.2, 0.25) is 0 Å². The van der Waals surface area contributed by atoms with Gasteiger partial charge < -0.3 is 4.74 Å². The van der Waals surface area contributed by atoms with Crippen molar-refractivity contribution < 1.29 is 9.53 Å². The molecular formula is C21H32O2. The number of aryl methyl sites for hydroxylation is 1. The van der Waals surface area contributed by atoms with Crippen LogP contribution >= 0.6 is 0 Å². The quantitative estimate of drug-likeness (QED) is 0.462. The Kier molecular flexibility index (Phi) is 6.61. The summed E-state index contributed by atoms with van der Waals surface area (Å²) in [5.41, 5.74) is 2.30. The highest BCUT2D eigenvalue weighted by Crippen LogP contribution is 2.32. The summed E-state index contributed by atoms with van der Waals surface area (Å²) in [5, 5.41) is 0. The van der Waals surface area contributed by atoms with E-state index in [1.54, 1.807) is 6.08 Å². The summed E-state index contributed by atoms with van der Waals surface area (Å²) < 4.78 is 5.55. The van der Waals surface area contributed by atoms with Crippen molar-refractivity contribution >= 4 is 5.97 Å². The van der Waals surface area contributed by atoms with Crippen LogP contribution in [0.4, 0.5) is 0 Å². The molecule has 0 aliphatic carbocycles. The lowest BCUT2D eigenvalue weighted by atomic mass is 9.81. The van der Waals surface area contributed by atoms with Gasteiger partial charge in [0.15, 0.2) is 0 Å². The molecule has 0 aromatic heterocycles. The summed E-state index contributed by atoms with van der Waals surface area (Å²) in [4.78, 5) is 12.5. The third kappa shape index (κ3) is 5.85. The maximum absolute atomic E-state index is 12.5. The second-order valence-corrected chi connectivity index (χ2v) is 7.81. The molecule has 1 unspecified atom stereocenters. The average Bonchev–Trinajstić information content (AvgIpc) is 2.43. The Bertz CT molecular complexity index is 553. The van der Waals surface area contributed by atoms with Gasteiger partial charge in [0.1, 0.15) is 5.60 Å². The standard InChI is InChI=1S/C21H32O2/c1-9-21(7,8)23-20(22)18-12-16(6)11-17(13-18)19(15(4)5)10-14(2)3/h9,11-15,19H,1,10H2,2-8H3. The van der Waals surface area contributed by atoms with Crippen LogP contribution in [0.1, 0.15) is 75.4 Å². The highest BCUT2D eigenvalue weighted by molar-refractivity contribution is 5.90. The largest absolute Gasteiger partial charge is 0.452 e. The Morgan fingerprint density at radius 1 is 1.22 bits per heavy atom. The van der Waals surface area contributed by atoms with E-state index in [4.69, 9.17) is 4.74 Å². The number of benzene rings is 1. The minimum Gasteiger partial charge on any atom is -0.452 e. The minimum absolute atomic E-state index is 0.285. The van der Waals surface area contributed by atoms with Gasteiger partial charge in [-0.2, -0.15) is 0 Å². The van der Waals surface area contributed by atoms with Gasteiger partial charge in [-0.25, -0.2) is 4.79 Å². The second kappa shape index (κ2) is 7.81. The summed E-state index contributed by atoms with van der Waals surface area (Å²) in [6.45, 7) is 18.4. The van der Waals surface area contributed by atoms with E-state index < -0.39 is 5.60 Å². The smallest absolute Gasteiger partial charge is 0.338 e. The van der Waals surface area contributed by atoms with Crippen molar-refractivity contribution in [2.45, 2.75) is 66.4 Å². The topological polar surface area (TPSA) is 26.3 Å². The Morgan fingerprint density at radius 3 is 2.30 bits per heavy atom. The maximum Gasteiger partial charge on any atom is 0.338 e. The monoisotopic (exact) mass is 316 g/mol. The van der Waals surface area contributed by atoms with E-state index in [1.165, 1.54) is 5.56 Å². The van der Waals surface area contributed by atoms with E-state index in [0.717, 1.165) is 12.0 Å². The number of hydrogen-bond acceptors (Lipinski definition) is 2. The Morgan fingerprint density at radius 2 is 1.83 bits per heavy atom. The SMILES string of the molecule is C=CC(C)(C)OC(=O)c1cc(C)cc(C(CC(C)C)C(C)C)c1. The van der Waals surface area contributed by atoms with E-state index >= 15 is 0 Å². The van der Waals surface area contributed by atoms with Gasteiger partial charge in [0, 0.05) is 0 Å². The molecule has 0 aliphatic heterocycles. The summed E-state index contributed by atoms with van der Waals surface area (Å²) >= 11 is 0. The highest BCUT2D eigenvalue weighted by atomic mass is 16.6. The lowest BCUT2D eigenvalue weighted by Crippen LogP contribution is -2.25. The van der Waals surface area contributed by atoms with E-state index in [9.17, 15) is 4.79 Å². The van der Waals surface area contributed by atoms with Crippen LogP contribution < -0.4 is 0 Å². The maximum atomic E-state index is 12.5. The summed E-state index contributed by atoms with van der Waals surface area (Å²) in [5.74, 6) is 1.33. The molecule has 0 heterocycles. The number of hydrogen-bond donors (Lipinski definition) is 0. The van der Waals surface area contributed by atoms with Crippen LogP contribution in [0.3, 0.4) is 0 Å². The molecule has 0 N–H and O–H groups in total. The van der Waals surface area contributed by atoms with Crippen molar-refractivity contribution in [3.8, 4) is 0 Å². The molecule has 0 amide bonds. The van der Waals surface area contributed by atoms with E-state index in [2.05, 4.69) is 40.3 Å². The van der Waals surface area contributed by atoms with Gasteiger partial charge >= 0.3 is 5.97 Å². The minimum atomic E-state index is -0.656. The molecule has 1 aromatic rings. The Labute approximate surface area is 141 Å². The summed E-state index contributed by atoms with van der Waals surface area (Å²) in [6, 6.07) is 6.10. The van der Waals surface area contributed by atoms with Crippen LogP contribution in [0.5, 0.6) is 0 Å². The zero-order chi connectivity index (χ0) is 17.8. The number of esters is 1. The lowest BCUT2D eigenvalue weighted by molar-refractivity contribution is 0.0174. The van der Waals surface area contributed by atoms with Gasteiger partial charge in [0.2, 0.25) is 0 Å². The van der Waals surface area contributed by atoms with Gasteiger partial charge in [-0.1, -0.05) is 40.3 Å². The fourth-order valence-electron chi connectivity index (χ4n) is 2.79. The number of ether oxygens (including phenoxy) is 1. The number of carbonyl (C=O) groups is 1. The molecular weight excluding hydrogens is 284 g/mol. The number of carbonyl (C=O) groups excluding carboxylic acids is 1. The molecule has 128 valence electrons. The highest BCUT2D eigenvalue weighted by Gasteiger charge is 2.23. The summed E-state index contributed by atoms with van der Waals surface area (Å²) in [7, 11) is 0. The van der Waals surface area contributed by atoms with Crippen LogP contribution in [0, 0.1) is 18.8 Å². The van der Waals surface area contributed by atoms with Crippen molar-refractivity contribution in [1.82, 2.24) is 0 Å². The molecule has 0 radical (unpaired) electrons. The molecule has 1 rings (SSSR count). The van der Waals surface area contributed by atoms with E-state index in [-0.39, 0.29) is 5.97 Å². The molecule has 0 spiro atoms. The van der Waals surface area contributed by atoms with Crippen molar-refractivity contribution in [1.29, 1.82) is 0 Å². The Balaban J connectivity index is 3.16. The van der Waals surface area contributed by atoms with Gasteiger partial charge in [0.25, 0.3) is 0 Å². The lowest BCUT2D eigenvalue weighted by Gasteiger charge is -2.25. The molecule has 0 fully saturated rings. The van der Waals surface area contributed by atoms with Crippen molar-refractivity contribution in [3.63, 3.8) is 0 Å². The Hall–Kier alpha value is -1.57.